The minimum Gasteiger partial charge on any atom is -0.489 e. The molecule has 6 heteroatoms. The highest BCUT2D eigenvalue weighted by molar-refractivity contribution is 6.30. The van der Waals surface area contributed by atoms with Gasteiger partial charge in [0.15, 0.2) is 0 Å². The van der Waals surface area contributed by atoms with Crippen LogP contribution in [-0.4, -0.2) is 31.6 Å². The van der Waals surface area contributed by atoms with E-state index in [1.807, 2.05) is 19.1 Å². The second-order valence-electron chi connectivity index (χ2n) is 6.50. The van der Waals surface area contributed by atoms with Crippen molar-refractivity contribution in [3.05, 3.63) is 29.3 Å². The van der Waals surface area contributed by atoms with Gasteiger partial charge >= 0.3 is 0 Å². The number of amides is 1. The van der Waals surface area contributed by atoms with Gasteiger partial charge in [-0.2, -0.15) is 0 Å². The van der Waals surface area contributed by atoms with Gasteiger partial charge < -0.3 is 15.4 Å². The van der Waals surface area contributed by atoms with Crippen LogP contribution in [0.2, 0.25) is 5.02 Å². The molecule has 0 radical (unpaired) electrons. The lowest BCUT2D eigenvalue weighted by Crippen LogP contribution is -2.37. The zero-order valence-electron chi connectivity index (χ0n) is 13.3. The lowest BCUT2D eigenvalue weighted by atomic mass is 9.92. The average molecular weight is 359 g/mol. The molecular weight excluding hydrogens is 335 g/mol. The van der Waals surface area contributed by atoms with Crippen LogP contribution in [0.25, 0.3) is 0 Å². The summed E-state index contributed by atoms with van der Waals surface area (Å²) in [5.74, 6) is 1.16. The van der Waals surface area contributed by atoms with Crippen LogP contribution in [0.15, 0.2) is 24.3 Å². The molecule has 1 aromatic rings. The second kappa shape index (κ2) is 7.73. The summed E-state index contributed by atoms with van der Waals surface area (Å²) >= 11 is 5.85. The van der Waals surface area contributed by atoms with E-state index in [1.165, 1.54) is 0 Å². The number of nitrogens with one attached hydrogen (secondary N) is 2. The van der Waals surface area contributed by atoms with Crippen LogP contribution < -0.4 is 15.4 Å². The number of carbonyl (C=O) groups excluding carboxylic acids is 1. The highest BCUT2D eigenvalue weighted by atomic mass is 35.5. The molecule has 2 N–H and O–H groups in total. The molecule has 1 saturated carbocycles. The number of rotatable bonds is 5. The van der Waals surface area contributed by atoms with Crippen LogP contribution in [0.5, 0.6) is 5.75 Å². The van der Waals surface area contributed by atoms with Crippen molar-refractivity contribution in [2.45, 2.75) is 32.3 Å². The van der Waals surface area contributed by atoms with Crippen LogP contribution in [0.3, 0.4) is 0 Å². The lowest BCUT2D eigenvalue weighted by molar-refractivity contribution is -0.123. The molecule has 1 saturated heterocycles. The first-order valence-corrected chi connectivity index (χ1v) is 8.37. The molecule has 128 valence electrons. The fraction of sp³-hybridized carbons (Fsp3) is 0.588. The van der Waals surface area contributed by atoms with Crippen molar-refractivity contribution in [1.82, 2.24) is 10.6 Å². The van der Waals surface area contributed by atoms with Gasteiger partial charge in [0.05, 0.1) is 6.54 Å². The summed E-state index contributed by atoms with van der Waals surface area (Å²) in [6.07, 6.45) is 3.24. The highest BCUT2D eigenvalue weighted by Crippen LogP contribution is 2.58. The van der Waals surface area contributed by atoms with E-state index >= 15 is 0 Å². The molecule has 23 heavy (non-hydrogen) atoms. The normalized spacial score (nSPS) is 22.8. The van der Waals surface area contributed by atoms with Crippen molar-refractivity contribution in [2.24, 2.45) is 11.3 Å². The first-order chi connectivity index (χ1) is 10.6. The van der Waals surface area contributed by atoms with Gasteiger partial charge in [-0.1, -0.05) is 11.6 Å². The molecule has 2 aliphatic rings. The summed E-state index contributed by atoms with van der Waals surface area (Å²) in [4.78, 5) is 12.3. The highest BCUT2D eigenvalue weighted by Gasteiger charge is 2.57. The zero-order valence-corrected chi connectivity index (χ0v) is 14.9. The van der Waals surface area contributed by atoms with Crippen LogP contribution >= 0.6 is 24.0 Å². The Morgan fingerprint density at radius 1 is 1.39 bits per heavy atom. The van der Waals surface area contributed by atoms with Crippen molar-refractivity contribution in [3.8, 4) is 5.75 Å². The summed E-state index contributed by atoms with van der Waals surface area (Å²) < 4.78 is 5.77. The summed E-state index contributed by atoms with van der Waals surface area (Å²) in [7, 11) is 0. The van der Waals surface area contributed by atoms with Gasteiger partial charge in [-0.3, -0.25) is 4.79 Å². The standard InChI is InChI=1S/C17H23ClN2O2.ClH/c1-12(22-14-4-2-13(18)3-5-14)11-20-16(21)15-10-17(15)6-8-19-9-7-17;/h2-5,12,15,19H,6-11H2,1H3,(H,20,21);1H. The molecule has 2 fully saturated rings. The summed E-state index contributed by atoms with van der Waals surface area (Å²) in [6.45, 7) is 4.58. The number of ether oxygens (including phenoxy) is 1. The maximum absolute atomic E-state index is 12.3. The molecule has 2 atom stereocenters. The van der Waals surface area contributed by atoms with Crippen molar-refractivity contribution in [1.29, 1.82) is 0 Å². The van der Waals surface area contributed by atoms with Crippen molar-refractivity contribution in [2.75, 3.05) is 19.6 Å². The Bertz CT molecular complexity index is 530. The molecule has 1 aliphatic carbocycles. The third kappa shape index (κ3) is 4.52. The molecule has 2 unspecified atom stereocenters. The van der Waals surface area contributed by atoms with Crippen LogP contribution in [0.1, 0.15) is 26.2 Å². The first kappa shape index (κ1) is 18.4. The molecule has 1 spiro atoms. The number of piperidine rings is 1. The predicted octanol–water partition coefficient (Wildman–Crippen LogP) is 3.04. The number of carbonyl (C=O) groups is 1. The topological polar surface area (TPSA) is 50.4 Å². The van der Waals surface area contributed by atoms with Crippen LogP contribution in [0, 0.1) is 11.3 Å². The van der Waals surface area contributed by atoms with Crippen molar-refractivity contribution in [3.63, 3.8) is 0 Å². The van der Waals surface area contributed by atoms with E-state index in [1.54, 1.807) is 12.1 Å². The fourth-order valence-corrected chi connectivity index (χ4v) is 3.48. The number of hydrogen-bond donors (Lipinski definition) is 2. The molecule has 0 bridgehead atoms. The Morgan fingerprint density at radius 3 is 2.70 bits per heavy atom. The summed E-state index contributed by atoms with van der Waals surface area (Å²) in [5, 5.41) is 7.09. The SMILES string of the molecule is CC(CNC(=O)C1CC12CCNCC2)Oc1ccc(Cl)cc1.Cl. The minimum absolute atomic E-state index is 0. The predicted molar refractivity (Wildman–Crippen MR) is 94.4 cm³/mol. The Balaban J connectivity index is 0.00000192. The summed E-state index contributed by atoms with van der Waals surface area (Å²) in [5.41, 5.74) is 0.287. The maximum atomic E-state index is 12.3. The Morgan fingerprint density at radius 2 is 2.04 bits per heavy atom. The number of hydrogen-bond acceptors (Lipinski definition) is 3. The Kier molecular flexibility index (Phi) is 6.18. The zero-order chi connectivity index (χ0) is 15.6. The fourth-order valence-electron chi connectivity index (χ4n) is 3.35. The molecule has 3 rings (SSSR count). The molecular formula is C17H24Cl2N2O2. The van der Waals surface area contributed by atoms with Crippen molar-refractivity contribution < 1.29 is 9.53 Å². The quantitative estimate of drug-likeness (QED) is 0.850. The largest absolute Gasteiger partial charge is 0.489 e. The smallest absolute Gasteiger partial charge is 0.223 e. The molecule has 1 aliphatic heterocycles. The molecule has 1 amide bonds. The van der Waals surface area contributed by atoms with E-state index in [2.05, 4.69) is 10.6 Å². The van der Waals surface area contributed by atoms with Gasteiger partial charge in [-0.25, -0.2) is 0 Å². The van der Waals surface area contributed by atoms with E-state index in [9.17, 15) is 4.79 Å². The number of halogens is 2. The monoisotopic (exact) mass is 358 g/mol. The van der Waals surface area contributed by atoms with Gasteiger partial charge in [-0.15, -0.1) is 12.4 Å². The van der Waals surface area contributed by atoms with Gasteiger partial charge in [-0.05, 0) is 69.0 Å². The molecule has 1 aromatic carbocycles. The summed E-state index contributed by atoms with van der Waals surface area (Å²) in [6, 6.07) is 7.28. The average Bonchev–Trinajstić information content (AvgIpc) is 3.21. The Labute approximate surface area is 148 Å². The Hall–Kier alpha value is -0.970. The van der Waals surface area contributed by atoms with E-state index in [4.69, 9.17) is 16.3 Å². The van der Waals surface area contributed by atoms with Crippen molar-refractivity contribution >= 4 is 29.9 Å². The van der Waals surface area contributed by atoms with Gasteiger partial charge in [0.2, 0.25) is 5.91 Å². The van der Waals surface area contributed by atoms with Gasteiger partial charge in [0.25, 0.3) is 0 Å². The third-order valence-electron chi connectivity index (χ3n) is 4.82. The van der Waals surface area contributed by atoms with Crippen LogP contribution in [0.4, 0.5) is 0 Å². The van der Waals surface area contributed by atoms with Gasteiger partial charge in [0, 0.05) is 10.9 Å². The van der Waals surface area contributed by atoms with E-state index < -0.39 is 0 Å². The van der Waals surface area contributed by atoms with E-state index in [-0.39, 0.29) is 35.8 Å². The van der Waals surface area contributed by atoms with Gasteiger partial charge in [0.1, 0.15) is 11.9 Å². The molecule has 4 nitrogen and oxygen atoms in total. The maximum Gasteiger partial charge on any atom is 0.223 e. The number of benzene rings is 1. The van der Waals surface area contributed by atoms with Crippen LogP contribution in [-0.2, 0) is 4.79 Å². The second-order valence-corrected chi connectivity index (χ2v) is 6.93. The van der Waals surface area contributed by atoms with E-state index in [0.29, 0.717) is 11.6 Å². The molecule has 1 heterocycles. The molecule has 0 aromatic heterocycles. The first-order valence-electron chi connectivity index (χ1n) is 8.00. The van der Waals surface area contributed by atoms with E-state index in [0.717, 1.165) is 38.1 Å². The third-order valence-corrected chi connectivity index (χ3v) is 5.07. The lowest BCUT2D eigenvalue weighted by Gasteiger charge is -2.23. The minimum atomic E-state index is -0.0622.